The average Bonchev–Trinajstić information content (AvgIpc) is 2.76. The lowest BCUT2D eigenvalue weighted by Crippen LogP contribution is -2.39. The average molecular weight is 263 g/mol. The van der Waals surface area contributed by atoms with Gasteiger partial charge in [-0.1, -0.05) is 0 Å². The molecule has 1 aromatic heterocycles. The van der Waals surface area contributed by atoms with Crippen molar-refractivity contribution in [3.63, 3.8) is 0 Å². The molecule has 0 saturated carbocycles. The Labute approximate surface area is 111 Å². The van der Waals surface area contributed by atoms with Crippen LogP contribution in [0.3, 0.4) is 0 Å². The second-order valence-corrected chi connectivity index (χ2v) is 4.77. The predicted molar refractivity (Wildman–Crippen MR) is 70.0 cm³/mol. The third kappa shape index (κ3) is 3.43. The molecule has 2 N–H and O–H groups in total. The SMILES string of the molecule is Cc1cncc(NC(=O)N2CCCC2CC(=O)O)c1. The van der Waals surface area contributed by atoms with Crippen LogP contribution in [0.2, 0.25) is 0 Å². The van der Waals surface area contributed by atoms with Gasteiger partial charge in [0.05, 0.1) is 18.3 Å². The van der Waals surface area contributed by atoms with Crippen molar-refractivity contribution in [1.29, 1.82) is 0 Å². The van der Waals surface area contributed by atoms with E-state index in [2.05, 4.69) is 10.3 Å². The number of carbonyl (C=O) groups excluding carboxylic acids is 1. The van der Waals surface area contributed by atoms with Crippen LogP contribution in [0, 0.1) is 6.92 Å². The van der Waals surface area contributed by atoms with Crippen molar-refractivity contribution >= 4 is 17.7 Å². The Morgan fingerprint density at radius 2 is 2.32 bits per heavy atom. The smallest absolute Gasteiger partial charge is 0.322 e. The number of nitrogens with one attached hydrogen (secondary N) is 1. The number of urea groups is 1. The minimum Gasteiger partial charge on any atom is -0.481 e. The van der Waals surface area contributed by atoms with Gasteiger partial charge >= 0.3 is 12.0 Å². The number of carboxylic acid groups (broad SMARTS) is 1. The molecule has 0 aliphatic carbocycles. The van der Waals surface area contributed by atoms with E-state index in [9.17, 15) is 9.59 Å². The fourth-order valence-electron chi connectivity index (χ4n) is 2.34. The highest BCUT2D eigenvalue weighted by atomic mass is 16.4. The summed E-state index contributed by atoms with van der Waals surface area (Å²) in [6.45, 7) is 2.49. The van der Waals surface area contributed by atoms with E-state index in [1.54, 1.807) is 17.3 Å². The van der Waals surface area contributed by atoms with Crippen LogP contribution >= 0.6 is 0 Å². The number of likely N-dealkylation sites (tertiary alicyclic amines) is 1. The largest absolute Gasteiger partial charge is 0.481 e. The molecule has 1 aliphatic rings. The number of anilines is 1. The van der Waals surface area contributed by atoms with Gasteiger partial charge < -0.3 is 15.3 Å². The zero-order valence-electron chi connectivity index (χ0n) is 10.8. The topological polar surface area (TPSA) is 82.5 Å². The number of rotatable bonds is 3. The van der Waals surface area contributed by atoms with Crippen LogP contribution in [-0.2, 0) is 4.79 Å². The molecule has 1 fully saturated rings. The normalized spacial score (nSPS) is 18.4. The van der Waals surface area contributed by atoms with Gasteiger partial charge in [-0.15, -0.1) is 0 Å². The maximum absolute atomic E-state index is 12.1. The first-order chi connectivity index (χ1) is 9.06. The van der Waals surface area contributed by atoms with Crippen LogP contribution in [0.1, 0.15) is 24.8 Å². The highest BCUT2D eigenvalue weighted by Crippen LogP contribution is 2.21. The Morgan fingerprint density at radius 3 is 3.00 bits per heavy atom. The number of pyridine rings is 1. The van der Waals surface area contributed by atoms with Gasteiger partial charge in [0.2, 0.25) is 0 Å². The molecule has 19 heavy (non-hydrogen) atoms. The van der Waals surface area contributed by atoms with Crippen LogP contribution in [0.5, 0.6) is 0 Å². The van der Waals surface area contributed by atoms with Gasteiger partial charge in [0.1, 0.15) is 0 Å². The van der Waals surface area contributed by atoms with E-state index >= 15 is 0 Å². The van der Waals surface area contributed by atoms with E-state index in [0.29, 0.717) is 12.2 Å². The van der Waals surface area contributed by atoms with Gasteiger partial charge in [-0.2, -0.15) is 0 Å². The number of nitrogens with zero attached hydrogens (tertiary/aromatic N) is 2. The van der Waals surface area contributed by atoms with Crippen LogP contribution in [-0.4, -0.2) is 39.6 Å². The molecule has 1 aliphatic heterocycles. The van der Waals surface area contributed by atoms with Crippen LogP contribution in [0.15, 0.2) is 18.5 Å². The molecule has 0 aromatic carbocycles. The molecule has 2 amide bonds. The molecule has 6 nitrogen and oxygen atoms in total. The molecule has 1 atom stereocenters. The van der Waals surface area contributed by atoms with E-state index in [-0.39, 0.29) is 18.5 Å². The molecule has 6 heteroatoms. The van der Waals surface area contributed by atoms with Gasteiger partial charge in [0, 0.05) is 18.8 Å². The maximum atomic E-state index is 12.1. The summed E-state index contributed by atoms with van der Waals surface area (Å²) in [5, 5.41) is 11.6. The van der Waals surface area contributed by atoms with Crippen molar-refractivity contribution in [3.8, 4) is 0 Å². The third-order valence-corrected chi connectivity index (χ3v) is 3.17. The molecule has 0 spiro atoms. The minimum absolute atomic E-state index is 0.000508. The summed E-state index contributed by atoms with van der Waals surface area (Å²) in [5.74, 6) is -0.873. The highest BCUT2D eigenvalue weighted by Gasteiger charge is 2.30. The Bertz CT molecular complexity index is 490. The molecule has 2 heterocycles. The summed E-state index contributed by atoms with van der Waals surface area (Å²) in [6, 6.07) is 1.36. The van der Waals surface area contributed by atoms with E-state index in [1.807, 2.05) is 13.0 Å². The van der Waals surface area contributed by atoms with Crippen molar-refractivity contribution in [2.24, 2.45) is 0 Å². The Hall–Kier alpha value is -2.11. The lowest BCUT2D eigenvalue weighted by Gasteiger charge is -2.23. The number of aliphatic carboxylic acids is 1. The van der Waals surface area contributed by atoms with E-state index in [1.165, 1.54) is 0 Å². The molecular formula is C13H17N3O3. The summed E-state index contributed by atoms with van der Waals surface area (Å²) in [7, 11) is 0. The van der Waals surface area contributed by atoms with Crippen LogP contribution in [0.4, 0.5) is 10.5 Å². The van der Waals surface area contributed by atoms with Gasteiger partial charge in [0.25, 0.3) is 0 Å². The first kappa shape index (κ1) is 13.3. The maximum Gasteiger partial charge on any atom is 0.322 e. The lowest BCUT2D eigenvalue weighted by molar-refractivity contribution is -0.137. The second kappa shape index (κ2) is 5.69. The van der Waals surface area contributed by atoms with Gasteiger partial charge in [-0.05, 0) is 31.4 Å². The van der Waals surface area contributed by atoms with Crippen LogP contribution in [0.25, 0.3) is 0 Å². The van der Waals surface area contributed by atoms with Gasteiger partial charge in [-0.25, -0.2) is 4.79 Å². The zero-order chi connectivity index (χ0) is 13.8. The third-order valence-electron chi connectivity index (χ3n) is 3.17. The number of carbonyl (C=O) groups is 2. The van der Waals surface area contributed by atoms with E-state index < -0.39 is 5.97 Å². The number of amides is 2. The first-order valence-electron chi connectivity index (χ1n) is 6.27. The standard InChI is InChI=1S/C13H17N3O3/c1-9-5-10(8-14-7-9)15-13(19)16-4-2-3-11(16)6-12(17)18/h5,7-8,11H,2-4,6H2,1H3,(H,15,19)(H,17,18). The highest BCUT2D eigenvalue weighted by molar-refractivity contribution is 5.90. The fourth-order valence-corrected chi connectivity index (χ4v) is 2.34. The molecule has 102 valence electrons. The number of aromatic nitrogens is 1. The van der Waals surface area contributed by atoms with Crippen molar-refractivity contribution in [2.45, 2.75) is 32.2 Å². The number of aryl methyl sites for hydroxylation is 1. The minimum atomic E-state index is -0.873. The molecule has 1 saturated heterocycles. The summed E-state index contributed by atoms with van der Waals surface area (Å²) in [6.07, 6.45) is 4.87. The number of hydrogen-bond acceptors (Lipinski definition) is 3. The monoisotopic (exact) mass is 263 g/mol. The summed E-state index contributed by atoms with van der Waals surface area (Å²) in [4.78, 5) is 28.5. The molecule has 1 unspecified atom stereocenters. The Kier molecular flexibility index (Phi) is 3.99. The van der Waals surface area contributed by atoms with E-state index in [4.69, 9.17) is 5.11 Å². The number of hydrogen-bond donors (Lipinski definition) is 2. The van der Waals surface area contributed by atoms with Crippen molar-refractivity contribution in [2.75, 3.05) is 11.9 Å². The molecule has 0 bridgehead atoms. The molecule has 2 rings (SSSR count). The van der Waals surface area contributed by atoms with E-state index in [0.717, 1.165) is 18.4 Å². The van der Waals surface area contributed by atoms with Crippen LogP contribution < -0.4 is 5.32 Å². The lowest BCUT2D eigenvalue weighted by atomic mass is 10.1. The summed E-state index contributed by atoms with van der Waals surface area (Å²) < 4.78 is 0. The molecular weight excluding hydrogens is 246 g/mol. The summed E-state index contributed by atoms with van der Waals surface area (Å²) >= 11 is 0. The Balaban J connectivity index is 2.01. The summed E-state index contributed by atoms with van der Waals surface area (Å²) in [5.41, 5.74) is 1.59. The number of carboxylic acids is 1. The Morgan fingerprint density at radius 1 is 1.53 bits per heavy atom. The second-order valence-electron chi connectivity index (χ2n) is 4.77. The van der Waals surface area contributed by atoms with Gasteiger partial charge in [0.15, 0.2) is 0 Å². The quantitative estimate of drug-likeness (QED) is 0.872. The van der Waals surface area contributed by atoms with Crippen molar-refractivity contribution in [1.82, 2.24) is 9.88 Å². The fraction of sp³-hybridized carbons (Fsp3) is 0.462. The first-order valence-corrected chi connectivity index (χ1v) is 6.27. The van der Waals surface area contributed by atoms with Crippen molar-refractivity contribution in [3.05, 3.63) is 24.0 Å². The zero-order valence-corrected chi connectivity index (χ0v) is 10.8. The molecule has 0 radical (unpaired) electrons. The van der Waals surface area contributed by atoms with Crippen molar-refractivity contribution < 1.29 is 14.7 Å². The predicted octanol–water partition coefficient (Wildman–Crippen LogP) is 1.86. The van der Waals surface area contributed by atoms with Gasteiger partial charge in [-0.3, -0.25) is 9.78 Å². The molecule has 1 aromatic rings.